The Bertz CT molecular complexity index is 496. The summed E-state index contributed by atoms with van der Waals surface area (Å²) in [6.45, 7) is 2.07. The van der Waals surface area contributed by atoms with E-state index < -0.39 is 0 Å². The Labute approximate surface area is 76.1 Å². The molecule has 2 nitrogen and oxygen atoms in total. The summed E-state index contributed by atoms with van der Waals surface area (Å²) in [4.78, 5) is 0. The van der Waals surface area contributed by atoms with Crippen LogP contribution in [0, 0.1) is 6.04 Å². The maximum Gasteiger partial charge on any atom is 0.402 e. The number of para-hydroxylation sites is 1. The van der Waals surface area contributed by atoms with E-state index in [1.54, 1.807) is 6.39 Å². The fourth-order valence-corrected chi connectivity index (χ4v) is 1.74. The van der Waals surface area contributed by atoms with Crippen molar-refractivity contribution in [1.29, 1.82) is 0 Å². The highest BCUT2D eigenvalue weighted by Gasteiger charge is 2.16. The molecule has 13 heavy (non-hydrogen) atoms. The van der Waals surface area contributed by atoms with Crippen molar-refractivity contribution in [2.24, 2.45) is 0 Å². The lowest BCUT2D eigenvalue weighted by molar-refractivity contribution is -0.628. The maximum absolute atomic E-state index is 5.43. The molecule has 1 aliphatic rings. The molecule has 0 radical (unpaired) electrons. The van der Waals surface area contributed by atoms with Crippen molar-refractivity contribution in [2.45, 2.75) is 6.92 Å². The van der Waals surface area contributed by atoms with Crippen molar-refractivity contribution in [3.8, 4) is 0 Å². The summed E-state index contributed by atoms with van der Waals surface area (Å²) in [6.07, 6.45) is 5.97. The van der Waals surface area contributed by atoms with Gasteiger partial charge in [0.25, 0.3) is 0 Å². The molecule has 64 valence electrons. The number of rotatable bonds is 0. The average Bonchev–Trinajstić information content (AvgIpc) is 2.57. The Balaban J connectivity index is 2.51. The molecule has 2 heteroatoms. The predicted octanol–water partition coefficient (Wildman–Crippen LogP) is 2.15. The molecule has 2 heterocycles. The Morgan fingerprint density at radius 3 is 3.31 bits per heavy atom. The van der Waals surface area contributed by atoms with Crippen molar-refractivity contribution in [2.75, 3.05) is 0 Å². The third-order valence-corrected chi connectivity index (χ3v) is 2.44. The maximum atomic E-state index is 5.43. The third kappa shape index (κ3) is 0.773. The molecule has 1 aliphatic heterocycles. The lowest BCUT2D eigenvalue weighted by Crippen LogP contribution is -2.37. The van der Waals surface area contributed by atoms with Gasteiger partial charge in [-0.15, -0.1) is 5.56 Å². The summed E-state index contributed by atoms with van der Waals surface area (Å²) >= 11 is 0. The van der Waals surface area contributed by atoms with Crippen molar-refractivity contribution in [3.05, 3.63) is 42.3 Å². The Morgan fingerprint density at radius 2 is 2.38 bits per heavy atom. The van der Waals surface area contributed by atoms with E-state index in [1.807, 2.05) is 12.1 Å². The SMILES string of the molecule is C[C-]1C=Cc2cccc3[o+][cH-][n+]1c23. The lowest BCUT2D eigenvalue weighted by atomic mass is 10.1. The highest BCUT2D eigenvalue weighted by atomic mass is 16.3. The van der Waals surface area contributed by atoms with E-state index in [0.717, 1.165) is 5.58 Å². The van der Waals surface area contributed by atoms with Gasteiger partial charge < -0.3 is 4.57 Å². The van der Waals surface area contributed by atoms with Crippen LogP contribution in [0.2, 0.25) is 0 Å². The van der Waals surface area contributed by atoms with Crippen molar-refractivity contribution in [1.82, 2.24) is 0 Å². The van der Waals surface area contributed by atoms with Gasteiger partial charge in [-0.05, 0) is 0 Å². The van der Waals surface area contributed by atoms with E-state index in [0.29, 0.717) is 0 Å². The second-order valence-electron chi connectivity index (χ2n) is 3.26. The van der Waals surface area contributed by atoms with Crippen molar-refractivity contribution in [3.63, 3.8) is 0 Å². The molecule has 0 aliphatic carbocycles. The first-order valence-electron chi connectivity index (χ1n) is 4.30. The summed E-state index contributed by atoms with van der Waals surface area (Å²) in [5.41, 5.74) is 3.33. The first kappa shape index (κ1) is 6.78. The van der Waals surface area contributed by atoms with E-state index in [1.165, 1.54) is 17.1 Å². The molecule has 0 N–H and O–H groups in total. The van der Waals surface area contributed by atoms with Gasteiger partial charge in [0.2, 0.25) is 0 Å². The van der Waals surface area contributed by atoms with Gasteiger partial charge in [-0.25, -0.2) is 6.08 Å². The highest BCUT2D eigenvalue weighted by Crippen LogP contribution is 2.22. The van der Waals surface area contributed by atoms with Crippen LogP contribution < -0.4 is 4.57 Å². The average molecular weight is 171 g/mol. The van der Waals surface area contributed by atoms with Crippen LogP contribution in [-0.4, -0.2) is 0 Å². The summed E-state index contributed by atoms with van der Waals surface area (Å²) < 4.78 is 7.51. The summed E-state index contributed by atoms with van der Waals surface area (Å²) in [5.74, 6) is 0. The van der Waals surface area contributed by atoms with E-state index in [-0.39, 0.29) is 0 Å². The second kappa shape index (κ2) is 2.16. The largest absolute Gasteiger partial charge is 0.402 e. The topological polar surface area (TPSA) is 15.2 Å². The van der Waals surface area contributed by atoms with Crippen LogP contribution in [0.4, 0.5) is 0 Å². The molecule has 0 saturated heterocycles. The van der Waals surface area contributed by atoms with Crippen LogP contribution in [0.1, 0.15) is 12.5 Å². The van der Waals surface area contributed by atoms with E-state index >= 15 is 0 Å². The third-order valence-electron chi connectivity index (χ3n) is 2.44. The monoisotopic (exact) mass is 171 g/mol. The van der Waals surface area contributed by atoms with Gasteiger partial charge in [0, 0.05) is 12.1 Å². The Morgan fingerprint density at radius 1 is 1.46 bits per heavy atom. The quantitative estimate of drug-likeness (QED) is 0.337. The molecule has 0 saturated carbocycles. The minimum absolute atomic E-state index is 0.946. The van der Waals surface area contributed by atoms with Crippen LogP contribution in [0.5, 0.6) is 0 Å². The molecular formula is C11H9NO. The van der Waals surface area contributed by atoms with Crippen molar-refractivity contribution >= 4 is 17.2 Å². The number of nitrogens with zero attached hydrogens (tertiary/aromatic N) is 1. The molecule has 2 aromatic rings. The molecule has 3 rings (SSSR count). The molecule has 0 fully saturated rings. The summed E-state index contributed by atoms with van der Waals surface area (Å²) in [6, 6.07) is 7.28. The standard InChI is InChI=1S/C11H9NO/c1-8-5-6-9-3-2-4-10-11(9)12(8)7-13-10/h2-7H,1H3. The van der Waals surface area contributed by atoms with Crippen LogP contribution in [-0.2, 0) is 0 Å². The van der Waals surface area contributed by atoms with Gasteiger partial charge in [-0.1, -0.05) is 19.1 Å². The van der Waals surface area contributed by atoms with E-state index in [4.69, 9.17) is 4.42 Å². The molecule has 0 spiro atoms. The van der Waals surface area contributed by atoms with Crippen LogP contribution in [0.15, 0.2) is 35.1 Å². The van der Waals surface area contributed by atoms with Gasteiger partial charge in [-0.3, -0.25) is 4.42 Å². The number of hydrogen-bond acceptors (Lipinski definition) is 0. The molecule has 0 bridgehead atoms. The first-order valence-corrected chi connectivity index (χ1v) is 4.30. The van der Waals surface area contributed by atoms with Gasteiger partial charge in [0.1, 0.15) is 5.52 Å². The number of hydrogen-bond donors (Lipinski definition) is 0. The van der Waals surface area contributed by atoms with Gasteiger partial charge in [0.15, 0.2) is 0 Å². The zero-order valence-electron chi connectivity index (χ0n) is 7.32. The second-order valence-corrected chi connectivity index (χ2v) is 3.26. The smallest absolute Gasteiger partial charge is 0.315 e. The minimum atomic E-state index is 0.946. The first-order chi connectivity index (χ1) is 6.36. The molecule has 1 aromatic heterocycles. The number of allylic oxidation sites excluding steroid dienone is 1. The molecule has 1 aromatic carbocycles. The van der Waals surface area contributed by atoms with E-state index in [9.17, 15) is 0 Å². The molecule has 0 atom stereocenters. The zero-order chi connectivity index (χ0) is 8.84. The van der Waals surface area contributed by atoms with Gasteiger partial charge in [0.05, 0.1) is 0 Å². The summed E-state index contributed by atoms with van der Waals surface area (Å²) in [7, 11) is 0. The van der Waals surface area contributed by atoms with Crippen LogP contribution in [0.3, 0.4) is 0 Å². The fraction of sp³-hybridized carbons (Fsp3) is 0.0909. The fourth-order valence-electron chi connectivity index (χ4n) is 1.74. The Hall–Kier alpha value is -1.70. The van der Waals surface area contributed by atoms with Crippen LogP contribution >= 0.6 is 0 Å². The number of oxazole rings is 1. The highest BCUT2D eigenvalue weighted by molar-refractivity contribution is 5.81. The van der Waals surface area contributed by atoms with E-state index in [2.05, 4.69) is 29.7 Å². The molecule has 0 unspecified atom stereocenters. The predicted molar refractivity (Wildman–Crippen MR) is 49.8 cm³/mol. The lowest BCUT2D eigenvalue weighted by Gasteiger charge is -2.17. The minimum Gasteiger partial charge on any atom is -0.315 e. The number of benzene rings is 1. The van der Waals surface area contributed by atoms with Gasteiger partial charge in [-0.2, -0.15) is 6.08 Å². The molecular weight excluding hydrogens is 162 g/mol. The number of aromatic nitrogens is 1. The normalized spacial score (nSPS) is 14.1. The summed E-state index contributed by atoms with van der Waals surface area (Å²) in [5, 5.41) is 0. The molecule has 0 amide bonds. The Kier molecular flexibility index (Phi) is 1.13. The zero-order valence-corrected chi connectivity index (χ0v) is 7.32. The van der Waals surface area contributed by atoms with Crippen LogP contribution in [0.25, 0.3) is 17.2 Å². The van der Waals surface area contributed by atoms with Gasteiger partial charge >= 0.3 is 12.0 Å². The van der Waals surface area contributed by atoms with Crippen molar-refractivity contribution < 1.29 is 8.98 Å².